The van der Waals surface area contributed by atoms with E-state index >= 15 is 0 Å². The van der Waals surface area contributed by atoms with Gasteiger partial charge in [0.05, 0.1) is 16.0 Å². The summed E-state index contributed by atoms with van der Waals surface area (Å²) in [6.45, 7) is 1.15. The fourth-order valence-corrected chi connectivity index (χ4v) is 5.58. The molecule has 3 heterocycles. The summed E-state index contributed by atoms with van der Waals surface area (Å²) in [5.74, 6) is -0.330. The Balaban J connectivity index is 1.39. The average Bonchev–Trinajstić information content (AvgIpc) is 3.38. The number of hydrogen-bond donors (Lipinski definition) is 1. The van der Waals surface area contributed by atoms with Crippen LogP contribution < -0.4 is 4.90 Å². The van der Waals surface area contributed by atoms with Gasteiger partial charge in [0.25, 0.3) is 0 Å². The lowest BCUT2D eigenvalue weighted by Crippen LogP contribution is -2.36. The van der Waals surface area contributed by atoms with Gasteiger partial charge >= 0.3 is 6.18 Å². The number of nitrogens with zero attached hydrogens (tertiary/aromatic N) is 2. The lowest BCUT2D eigenvalue weighted by molar-refractivity contribution is -0.137. The van der Waals surface area contributed by atoms with Gasteiger partial charge in [-0.1, -0.05) is 18.2 Å². The standard InChI is InChI=1S/C27H24F3N3O3S/c1-37(35,36)20-4-2-3-19(13-20)26(34)17-8-11-33(12-9-17)25-7-10-32-24-6-5-18(14-21(24)25)22-15-31-16-23(22)27(28,29)30/h2-7,10,13-17,31H,8-9,11-12H2,1H3. The van der Waals surface area contributed by atoms with Crippen LogP contribution in [0.4, 0.5) is 18.9 Å². The van der Waals surface area contributed by atoms with E-state index in [2.05, 4.69) is 14.9 Å². The number of sulfone groups is 1. The molecule has 0 amide bonds. The Morgan fingerprint density at radius 1 is 1.05 bits per heavy atom. The highest BCUT2D eigenvalue weighted by molar-refractivity contribution is 7.90. The second kappa shape index (κ2) is 9.33. The summed E-state index contributed by atoms with van der Waals surface area (Å²) in [7, 11) is -3.42. The lowest BCUT2D eigenvalue weighted by atomic mass is 9.88. The molecule has 0 spiro atoms. The van der Waals surface area contributed by atoms with E-state index in [0.29, 0.717) is 42.6 Å². The second-order valence-corrected chi connectivity index (χ2v) is 11.3. The number of aromatic nitrogens is 2. The smallest absolute Gasteiger partial charge is 0.371 e. The molecule has 2 aromatic heterocycles. The molecule has 0 atom stereocenters. The molecular weight excluding hydrogens is 503 g/mol. The van der Waals surface area contributed by atoms with Gasteiger partial charge in [-0.2, -0.15) is 13.2 Å². The molecule has 2 aromatic carbocycles. The highest BCUT2D eigenvalue weighted by Gasteiger charge is 2.34. The van der Waals surface area contributed by atoms with E-state index in [0.717, 1.165) is 23.5 Å². The van der Waals surface area contributed by atoms with Crippen LogP contribution in [0.15, 0.2) is 72.0 Å². The molecule has 6 nitrogen and oxygen atoms in total. The minimum atomic E-state index is -4.47. The third-order valence-corrected chi connectivity index (χ3v) is 7.94. The number of carbonyl (C=O) groups is 1. The highest BCUT2D eigenvalue weighted by atomic mass is 32.2. The minimum absolute atomic E-state index is 0.0739. The molecule has 0 unspecified atom stereocenters. The molecule has 1 aliphatic rings. The molecule has 0 radical (unpaired) electrons. The first-order chi connectivity index (χ1) is 17.5. The monoisotopic (exact) mass is 527 g/mol. The Bertz CT molecular complexity index is 1590. The largest absolute Gasteiger partial charge is 0.418 e. The molecule has 4 aromatic rings. The molecule has 37 heavy (non-hydrogen) atoms. The second-order valence-electron chi connectivity index (χ2n) is 9.27. The number of alkyl halides is 3. The maximum absolute atomic E-state index is 13.5. The fraction of sp³-hybridized carbons (Fsp3) is 0.259. The molecule has 5 rings (SSSR count). The van der Waals surface area contributed by atoms with Crippen LogP contribution in [0, 0.1) is 5.92 Å². The third kappa shape index (κ3) is 4.98. The maximum atomic E-state index is 13.5. The van der Waals surface area contributed by atoms with Gasteiger partial charge in [-0.25, -0.2) is 8.42 Å². The van der Waals surface area contributed by atoms with Crippen molar-refractivity contribution in [3.63, 3.8) is 0 Å². The van der Waals surface area contributed by atoms with Gasteiger partial charge in [0, 0.05) is 66.1 Å². The van der Waals surface area contributed by atoms with Crippen molar-refractivity contribution in [1.29, 1.82) is 0 Å². The van der Waals surface area contributed by atoms with Crippen LogP contribution >= 0.6 is 0 Å². The number of H-pyrrole nitrogens is 1. The molecule has 0 saturated carbocycles. The lowest BCUT2D eigenvalue weighted by Gasteiger charge is -2.33. The minimum Gasteiger partial charge on any atom is -0.371 e. The van der Waals surface area contributed by atoms with E-state index in [1.165, 1.54) is 18.3 Å². The van der Waals surface area contributed by atoms with Crippen molar-refractivity contribution in [2.45, 2.75) is 23.9 Å². The molecule has 1 N–H and O–H groups in total. The first-order valence-electron chi connectivity index (χ1n) is 11.7. The van der Waals surface area contributed by atoms with E-state index in [-0.39, 0.29) is 22.2 Å². The van der Waals surface area contributed by atoms with Crippen LogP contribution in [0.2, 0.25) is 0 Å². The van der Waals surface area contributed by atoms with Crippen molar-refractivity contribution in [1.82, 2.24) is 9.97 Å². The van der Waals surface area contributed by atoms with Crippen LogP contribution in [0.5, 0.6) is 0 Å². The van der Waals surface area contributed by atoms with Gasteiger partial charge in [0.1, 0.15) is 0 Å². The molecule has 192 valence electrons. The van der Waals surface area contributed by atoms with Gasteiger partial charge in [0.15, 0.2) is 15.6 Å². The SMILES string of the molecule is CS(=O)(=O)c1cccc(C(=O)C2CCN(c3ccnc4ccc(-c5c[nH]cc5C(F)(F)F)cc34)CC2)c1. The maximum Gasteiger partial charge on any atom is 0.418 e. The Labute approximate surface area is 212 Å². The Morgan fingerprint density at radius 2 is 1.81 bits per heavy atom. The molecule has 0 aliphatic carbocycles. The van der Waals surface area contributed by atoms with Crippen LogP contribution in [-0.2, 0) is 16.0 Å². The van der Waals surface area contributed by atoms with Gasteiger partial charge in [0.2, 0.25) is 0 Å². The van der Waals surface area contributed by atoms with Gasteiger partial charge in [-0.05, 0) is 48.7 Å². The van der Waals surface area contributed by atoms with Gasteiger partial charge in [-0.3, -0.25) is 9.78 Å². The number of anilines is 1. The number of rotatable bonds is 5. The summed E-state index contributed by atoms with van der Waals surface area (Å²) >= 11 is 0. The normalized spacial score (nSPS) is 15.3. The molecule has 1 aliphatic heterocycles. The molecule has 0 bridgehead atoms. The predicted molar refractivity (Wildman–Crippen MR) is 135 cm³/mol. The Kier molecular flexibility index (Phi) is 6.31. The summed E-state index contributed by atoms with van der Waals surface area (Å²) < 4.78 is 64.1. The Hall–Kier alpha value is -3.66. The van der Waals surface area contributed by atoms with Crippen LogP contribution in [0.25, 0.3) is 22.0 Å². The van der Waals surface area contributed by atoms with Crippen molar-refractivity contribution in [3.8, 4) is 11.1 Å². The number of nitrogens with one attached hydrogen (secondary N) is 1. The summed E-state index contributed by atoms with van der Waals surface area (Å²) in [6.07, 6.45) is 1.75. The average molecular weight is 528 g/mol. The number of Topliss-reactive ketones (excluding diaryl/α,β-unsaturated/α-hetero) is 1. The van der Waals surface area contributed by atoms with Gasteiger partial charge < -0.3 is 9.88 Å². The van der Waals surface area contributed by atoms with E-state index in [9.17, 15) is 26.4 Å². The first kappa shape index (κ1) is 25.0. The van der Waals surface area contributed by atoms with Gasteiger partial charge in [-0.15, -0.1) is 0 Å². The van der Waals surface area contributed by atoms with E-state index in [1.807, 2.05) is 6.07 Å². The van der Waals surface area contributed by atoms with Crippen molar-refractivity contribution in [2.75, 3.05) is 24.2 Å². The topological polar surface area (TPSA) is 83.1 Å². The van der Waals surface area contributed by atoms with E-state index < -0.39 is 21.6 Å². The zero-order valence-corrected chi connectivity index (χ0v) is 20.7. The predicted octanol–water partition coefficient (Wildman–Crippen LogP) is 5.75. The fourth-order valence-electron chi connectivity index (χ4n) is 4.91. The van der Waals surface area contributed by atoms with Crippen molar-refractivity contribution in [3.05, 3.63) is 78.2 Å². The number of pyridine rings is 1. The first-order valence-corrected chi connectivity index (χ1v) is 13.6. The number of piperidine rings is 1. The number of benzene rings is 2. The summed E-state index contributed by atoms with van der Waals surface area (Å²) in [4.78, 5) is 22.3. The summed E-state index contributed by atoms with van der Waals surface area (Å²) in [6, 6.07) is 13.0. The number of hydrogen-bond acceptors (Lipinski definition) is 5. The van der Waals surface area contributed by atoms with Crippen molar-refractivity contribution in [2.24, 2.45) is 5.92 Å². The van der Waals surface area contributed by atoms with Crippen LogP contribution in [0.1, 0.15) is 28.8 Å². The zero-order chi connectivity index (χ0) is 26.4. The Morgan fingerprint density at radius 3 is 2.51 bits per heavy atom. The summed E-state index contributed by atoms with van der Waals surface area (Å²) in [5, 5.41) is 0.736. The number of halogens is 3. The van der Waals surface area contributed by atoms with Crippen molar-refractivity contribution >= 4 is 32.2 Å². The molecule has 1 fully saturated rings. The van der Waals surface area contributed by atoms with Crippen LogP contribution in [-0.4, -0.2) is 43.5 Å². The molecular formula is C27H24F3N3O3S. The van der Waals surface area contributed by atoms with E-state index in [1.54, 1.807) is 36.5 Å². The van der Waals surface area contributed by atoms with Crippen molar-refractivity contribution < 1.29 is 26.4 Å². The van der Waals surface area contributed by atoms with E-state index in [4.69, 9.17) is 0 Å². The molecule has 1 saturated heterocycles. The van der Waals surface area contributed by atoms with Crippen LogP contribution in [0.3, 0.4) is 0 Å². The number of ketones is 1. The quantitative estimate of drug-likeness (QED) is 0.334. The number of fused-ring (bicyclic) bond motifs is 1. The highest BCUT2D eigenvalue weighted by Crippen LogP contribution is 2.39. The zero-order valence-electron chi connectivity index (χ0n) is 19.9. The molecule has 10 heteroatoms. The summed E-state index contributed by atoms with van der Waals surface area (Å²) in [5.41, 5.74) is 1.68. The number of aromatic amines is 1. The third-order valence-electron chi connectivity index (χ3n) is 6.83. The number of carbonyl (C=O) groups excluding carboxylic acids is 1.